The smallest absolute Gasteiger partial charge is 0.417 e. The molecule has 2 N–H and O–H groups in total. The molecular formula is C12H9F3N4O2S. The summed E-state index contributed by atoms with van der Waals surface area (Å²) in [6, 6.07) is 0.593. The quantitative estimate of drug-likeness (QED) is 0.841. The monoisotopic (exact) mass is 330 g/mol. The van der Waals surface area contributed by atoms with E-state index in [4.69, 9.17) is 0 Å². The molecule has 2 aromatic rings. The number of amides is 1. The molecule has 0 aliphatic carbocycles. The number of carbonyl (C=O) groups excluding carboxylic acids is 1. The first-order chi connectivity index (χ1) is 10.3. The van der Waals surface area contributed by atoms with Gasteiger partial charge in [-0.25, -0.2) is 15.0 Å². The first-order valence-corrected chi connectivity index (χ1v) is 6.98. The summed E-state index contributed by atoms with van der Waals surface area (Å²) in [4.78, 5) is 23.0. The number of aromatic hydroxyl groups is 1. The Hall–Kier alpha value is -2.36. The summed E-state index contributed by atoms with van der Waals surface area (Å²) in [6.07, 6.45) is 0.159. The molecule has 0 saturated heterocycles. The van der Waals surface area contributed by atoms with Gasteiger partial charge in [0.05, 0.1) is 5.56 Å². The minimum Gasteiger partial charge on any atom is -0.492 e. The predicted molar refractivity (Wildman–Crippen MR) is 72.7 cm³/mol. The van der Waals surface area contributed by atoms with Crippen LogP contribution in [0.4, 0.5) is 18.9 Å². The Morgan fingerprint density at radius 3 is 2.59 bits per heavy atom. The Bertz CT molecular complexity index is 709. The minimum atomic E-state index is -4.64. The van der Waals surface area contributed by atoms with Crippen molar-refractivity contribution >= 4 is 23.4 Å². The molecule has 6 nitrogen and oxygen atoms in total. The summed E-state index contributed by atoms with van der Waals surface area (Å²) in [5, 5.41) is 11.9. The second kappa shape index (κ2) is 6.18. The second-order valence-electron chi connectivity index (χ2n) is 3.96. The molecule has 0 fully saturated rings. The summed E-state index contributed by atoms with van der Waals surface area (Å²) in [5.41, 5.74) is -1.62. The zero-order valence-corrected chi connectivity index (χ0v) is 11.9. The number of nitrogens with one attached hydrogen (secondary N) is 1. The number of carbonyl (C=O) groups is 1. The summed E-state index contributed by atoms with van der Waals surface area (Å²) in [5.74, 6) is -1.52. The van der Waals surface area contributed by atoms with Crippen molar-refractivity contribution in [1.82, 2.24) is 15.0 Å². The molecule has 10 heteroatoms. The van der Waals surface area contributed by atoms with Crippen molar-refractivity contribution in [2.24, 2.45) is 0 Å². The van der Waals surface area contributed by atoms with Crippen molar-refractivity contribution in [3.63, 3.8) is 0 Å². The van der Waals surface area contributed by atoms with E-state index in [1.165, 1.54) is 12.4 Å². The van der Waals surface area contributed by atoms with Crippen molar-refractivity contribution in [3.05, 3.63) is 35.9 Å². The number of anilines is 1. The number of pyridine rings is 1. The fraction of sp³-hybridized carbons (Fsp3) is 0.167. The van der Waals surface area contributed by atoms with Crippen LogP contribution in [0.5, 0.6) is 5.88 Å². The van der Waals surface area contributed by atoms with Crippen molar-refractivity contribution in [2.75, 3.05) is 11.6 Å². The van der Waals surface area contributed by atoms with Crippen molar-refractivity contribution in [3.8, 4) is 5.88 Å². The summed E-state index contributed by atoms with van der Waals surface area (Å²) < 4.78 is 37.9. The van der Waals surface area contributed by atoms with Crippen LogP contribution in [-0.2, 0) is 6.18 Å². The third kappa shape index (κ3) is 3.45. The average molecular weight is 330 g/mol. The Kier molecular flexibility index (Phi) is 4.50. The zero-order valence-electron chi connectivity index (χ0n) is 11.0. The minimum absolute atomic E-state index is 0.0631. The number of hydrogen-bond acceptors (Lipinski definition) is 6. The first-order valence-electron chi connectivity index (χ1n) is 5.75. The van der Waals surface area contributed by atoms with Gasteiger partial charge in [-0.1, -0.05) is 0 Å². The van der Waals surface area contributed by atoms with Crippen LogP contribution >= 0.6 is 11.8 Å². The Morgan fingerprint density at radius 1 is 1.27 bits per heavy atom. The van der Waals surface area contributed by atoms with E-state index in [1.54, 1.807) is 6.26 Å². The van der Waals surface area contributed by atoms with Crippen molar-refractivity contribution in [2.45, 2.75) is 11.2 Å². The SMILES string of the molecule is CSc1nccnc1C(=O)Nc1cc(C(F)(F)F)cnc1O. The second-order valence-corrected chi connectivity index (χ2v) is 4.76. The van der Waals surface area contributed by atoms with E-state index in [0.29, 0.717) is 17.3 Å². The van der Waals surface area contributed by atoms with E-state index in [0.717, 1.165) is 11.8 Å². The summed E-state index contributed by atoms with van der Waals surface area (Å²) >= 11 is 1.15. The highest BCUT2D eigenvalue weighted by Crippen LogP contribution is 2.33. The van der Waals surface area contributed by atoms with Gasteiger partial charge in [-0.3, -0.25) is 4.79 Å². The first kappa shape index (κ1) is 16.0. The Labute approximate surface area is 126 Å². The van der Waals surface area contributed by atoms with Crippen molar-refractivity contribution < 1.29 is 23.1 Å². The molecule has 2 rings (SSSR count). The molecular weight excluding hydrogens is 321 g/mol. The zero-order chi connectivity index (χ0) is 16.3. The molecule has 0 bridgehead atoms. The number of rotatable bonds is 3. The molecule has 0 radical (unpaired) electrons. The van der Waals surface area contributed by atoms with Gasteiger partial charge in [0.2, 0.25) is 5.88 Å². The highest BCUT2D eigenvalue weighted by atomic mass is 32.2. The van der Waals surface area contributed by atoms with Crippen LogP contribution in [0.2, 0.25) is 0 Å². The molecule has 1 amide bonds. The van der Waals surface area contributed by atoms with Crippen LogP contribution < -0.4 is 5.32 Å². The highest BCUT2D eigenvalue weighted by molar-refractivity contribution is 7.98. The molecule has 0 aliphatic heterocycles. The van der Waals surface area contributed by atoms with Crippen LogP contribution in [0.15, 0.2) is 29.7 Å². The van der Waals surface area contributed by atoms with Gasteiger partial charge in [0.15, 0.2) is 5.69 Å². The van der Waals surface area contributed by atoms with Crippen LogP contribution in [0.1, 0.15) is 16.1 Å². The molecule has 0 aromatic carbocycles. The maximum Gasteiger partial charge on any atom is 0.417 e. The van der Waals surface area contributed by atoms with Gasteiger partial charge in [0.1, 0.15) is 10.7 Å². The Balaban J connectivity index is 2.32. The molecule has 22 heavy (non-hydrogen) atoms. The maximum absolute atomic E-state index is 12.6. The van der Waals surface area contributed by atoms with Gasteiger partial charge in [0, 0.05) is 18.6 Å². The number of nitrogens with zero attached hydrogens (tertiary/aromatic N) is 3. The normalized spacial score (nSPS) is 11.3. The molecule has 0 saturated carbocycles. The van der Waals surface area contributed by atoms with E-state index >= 15 is 0 Å². The third-order valence-corrected chi connectivity index (χ3v) is 3.20. The molecule has 2 heterocycles. The van der Waals surface area contributed by atoms with E-state index in [2.05, 4.69) is 20.3 Å². The third-order valence-electron chi connectivity index (χ3n) is 2.52. The van der Waals surface area contributed by atoms with Gasteiger partial charge in [-0.2, -0.15) is 13.2 Å². The lowest BCUT2D eigenvalue weighted by molar-refractivity contribution is -0.137. The largest absolute Gasteiger partial charge is 0.492 e. The van der Waals surface area contributed by atoms with Crippen molar-refractivity contribution in [1.29, 1.82) is 0 Å². The number of thioether (sulfide) groups is 1. The fourth-order valence-corrected chi connectivity index (χ4v) is 2.02. The topological polar surface area (TPSA) is 88.0 Å². The molecule has 2 aromatic heterocycles. The number of halogens is 3. The van der Waals surface area contributed by atoms with Crippen LogP contribution in [-0.4, -0.2) is 32.2 Å². The van der Waals surface area contributed by atoms with Gasteiger partial charge in [-0.05, 0) is 12.3 Å². The number of alkyl halides is 3. The molecule has 116 valence electrons. The summed E-state index contributed by atoms with van der Waals surface area (Å²) in [7, 11) is 0. The molecule has 0 atom stereocenters. The maximum atomic E-state index is 12.6. The Morgan fingerprint density at radius 2 is 1.95 bits per heavy atom. The molecule has 0 spiro atoms. The standard InChI is InChI=1S/C12H9F3N4O2S/c1-22-11-8(16-2-3-17-11)10(21)19-7-4-6(12(13,14)15)5-18-9(7)20/h2-5H,1H3,(H,18,20)(H,19,21). The van der Waals surface area contributed by atoms with Gasteiger partial charge < -0.3 is 10.4 Å². The fourth-order valence-electron chi connectivity index (χ4n) is 1.52. The van der Waals surface area contributed by atoms with Crippen LogP contribution in [0.3, 0.4) is 0 Å². The van der Waals surface area contributed by atoms with E-state index in [-0.39, 0.29) is 5.69 Å². The number of aromatic nitrogens is 3. The van der Waals surface area contributed by atoms with E-state index in [9.17, 15) is 23.1 Å². The van der Waals surface area contributed by atoms with Crippen LogP contribution in [0.25, 0.3) is 0 Å². The summed E-state index contributed by atoms with van der Waals surface area (Å²) in [6.45, 7) is 0. The van der Waals surface area contributed by atoms with E-state index in [1.807, 2.05) is 0 Å². The van der Waals surface area contributed by atoms with Gasteiger partial charge >= 0.3 is 6.18 Å². The molecule has 0 unspecified atom stereocenters. The van der Waals surface area contributed by atoms with Gasteiger partial charge in [-0.15, -0.1) is 11.8 Å². The lowest BCUT2D eigenvalue weighted by Gasteiger charge is -2.11. The molecule has 0 aliphatic rings. The van der Waals surface area contributed by atoms with Crippen LogP contribution in [0, 0.1) is 0 Å². The van der Waals surface area contributed by atoms with Gasteiger partial charge in [0.25, 0.3) is 5.91 Å². The number of hydrogen-bond donors (Lipinski definition) is 2. The average Bonchev–Trinajstić information content (AvgIpc) is 2.48. The lowest BCUT2D eigenvalue weighted by atomic mass is 10.2. The lowest BCUT2D eigenvalue weighted by Crippen LogP contribution is -2.16. The van der Waals surface area contributed by atoms with E-state index < -0.39 is 29.2 Å². The predicted octanol–water partition coefficient (Wildman–Crippen LogP) is 2.57. The highest BCUT2D eigenvalue weighted by Gasteiger charge is 2.32.